The summed E-state index contributed by atoms with van der Waals surface area (Å²) in [7, 11) is 1.80. The molecule has 0 radical (unpaired) electrons. The number of aromatic nitrogens is 2. The number of carbonyl (C=O) groups is 1. The van der Waals surface area contributed by atoms with Crippen molar-refractivity contribution in [2.75, 3.05) is 0 Å². The van der Waals surface area contributed by atoms with Crippen LogP contribution in [0.15, 0.2) is 30.3 Å². The Morgan fingerprint density at radius 2 is 2.00 bits per heavy atom. The maximum atomic E-state index is 11.3. The van der Waals surface area contributed by atoms with Gasteiger partial charge in [-0.25, -0.2) is 4.79 Å². The molecule has 0 saturated carbocycles. The molecule has 0 saturated heterocycles. The average Bonchev–Trinajstić information content (AvgIpc) is 2.74. The minimum Gasteiger partial charge on any atom is -0.476 e. The third-order valence-corrected chi connectivity index (χ3v) is 3.18. The molecule has 100 valence electrons. The average molecular weight is 258 g/mol. The molecule has 4 nitrogen and oxygen atoms in total. The van der Waals surface area contributed by atoms with E-state index < -0.39 is 5.97 Å². The van der Waals surface area contributed by atoms with E-state index in [0.29, 0.717) is 0 Å². The number of aryl methyl sites for hydroxylation is 1. The van der Waals surface area contributed by atoms with E-state index in [1.54, 1.807) is 11.7 Å². The summed E-state index contributed by atoms with van der Waals surface area (Å²) in [6, 6.07) is 9.82. The van der Waals surface area contributed by atoms with Crippen molar-refractivity contribution >= 4 is 5.97 Å². The Bertz CT molecular complexity index is 573. The van der Waals surface area contributed by atoms with Gasteiger partial charge in [-0.3, -0.25) is 4.68 Å². The number of aromatic carboxylic acids is 1. The normalized spacial score (nSPS) is 10.6. The highest BCUT2D eigenvalue weighted by Gasteiger charge is 2.21. The lowest BCUT2D eigenvalue weighted by Crippen LogP contribution is -2.02. The van der Waals surface area contributed by atoms with Crippen molar-refractivity contribution in [2.45, 2.75) is 26.2 Å². The fourth-order valence-corrected chi connectivity index (χ4v) is 2.29. The Hall–Kier alpha value is -2.10. The second-order valence-electron chi connectivity index (χ2n) is 4.57. The third-order valence-electron chi connectivity index (χ3n) is 3.18. The number of hydrogen-bond acceptors (Lipinski definition) is 2. The zero-order chi connectivity index (χ0) is 13.8. The van der Waals surface area contributed by atoms with Crippen LogP contribution in [-0.4, -0.2) is 20.9 Å². The summed E-state index contributed by atoms with van der Waals surface area (Å²) in [6.45, 7) is 2.10. The maximum Gasteiger partial charge on any atom is 0.356 e. The standard InChI is InChI=1S/C15H18N2O2/c1-3-4-10-12-13(15(18)19)16-17(2)14(12)11-8-6-5-7-9-11/h5-9H,3-4,10H2,1-2H3,(H,18,19). The van der Waals surface area contributed by atoms with Crippen LogP contribution < -0.4 is 0 Å². The molecular weight excluding hydrogens is 240 g/mol. The Morgan fingerprint density at radius 1 is 1.32 bits per heavy atom. The fourth-order valence-electron chi connectivity index (χ4n) is 2.29. The number of rotatable bonds is 5. The van der Waals surface area contributed by atoms with Gasteiger partial charge in [-0.1, -0.05) is 43.7 Å². The second-order valence-corrected chi connectivity index (χ2v) is 4.57. The van der Waals surface area contributed by atoms with Crippen LogP contribution in [0.3, 0.4) is 0 Å². The van der Waals surface area contributed by atoms with Gasteiger partial charge >= 0.3 is 5.97 Å². The number of benzene rings is 1. The molecule has 0 aliphatic heterocycles. The largest absolute Gasteiger partial charge is 0.476 e. The van der Waals surface area contributed by atoms with Crippen molar-refractivity contribution < 1.29 is 9.90 Å². The molecule has 2 aromatic rings. The Morgan fingerprint density at radius 3 is 2.58 bits per heavy atom. The number of carboxylic acids is 1. The van der Waals surface area contributed by atoms with Crippen LogP contribution in [0.25, 0.3) is 11.3 Å². The first-order chi connectivity index (χ1) is 9.15. The molecule has 0 fully saturated rings. The molecule has 0 aliphatic carbocycles. The van der Waals surface area contributed by atoms with Crippen molar-refractivity contribution in [2.24, 2.45) is 7.05 Å². The van der Waals surface area contributed by atoms with E-state index in [2.05, 4.69) is 12.0 Å². The number of hydrogen-bond donors (Lipinski definition) is 1. The Kier molecular flexibility index (Phi) is 4.00. The zero-order valence-electron chi connectivity index (χ0n) is 11.3. The van der Waals surface area contributed by atoms with Gasteiger partial charge in [0.05, 0.1) is 5.69 Å². The summed E-state index contributed by atoms with van der Waals surface area (Å²) in [5.41, 5.74) is 2.93. The predicted molar refractivity (Wildman–Crippen MR) is 74.2 cm³/mol. The number of unbranched alkanes of at least 4 members (excludes halogenated alkanes) is 1. The van der Waals surface area contributed by atoms with E-state index in [9.17, 15) is 9.90 Å². The summed E-state index contributed by atoms with van der Waals surface area (Å²) >= 11 is 0. The molecule has 0 unspecified atom stereocenters. The topological polar surface area (TPSA) is 55.1 Å². The van der Waals surface area contributed by atoms with Crippen LogP contribution in [0.2, 0.25) is 0 Å². The maximum absolute atomic E-state index is 11.3. The molecule has 0 spiro atoms. The van der Waals surface area contributed by atoms with Crippen LogP contribution in [0.4, 0.5) is 0 Å². The Labute approximate surface area is 112 Å². The van der Waals surface area contributed by atoms with E-state index in [-0.39, 0.29) is 5.69 Å². The van der Waals surface area contributed by atoms with Gasteiger partial charge < -0.3 is 5.11 Å². The first kappa shape index (κ1) is 13.3. The van der Waals surface area contributed by atoms with E-state index in [4.69, 9.17) is 0 Å². The van der Waals surface area contributed by atoms with Gasteiger partial charge in [-0.05, 0) is 12.8 Å². The minimum atomic E-state index is -0.955. The lowest BCUT2D eigenvalue weighted by atomic mass is 10.0. The summed E-state index contributed by atoms with van der Waals surface area (Å²) in [5.74, 6) is -0.955. The highest BCUT2D eigenvalue weighted by atomic mass is 16.4. The van der Waals surface area contributed by atoms with Gasteiger partial charge in [0.15, 0.2) is 5.69 Å². The van der Waals surface area contributed by atoms with Gasteiger partial charge in [0.1, 0.15) is 0 Å². The van der Waals surface area contributed by atoms with Gasteiger partial charge in [-0.15, -0.1) is 0 Å². The van der Waals surface area contributed by atoms with Gasteiger partial charge in [0.2, 0.25) is 0 Å². The zero-order valence-corrected chi connectivity index (χ0v) is 11.3. The monoisotopic (exact) mass is 258 g/mol. The van der Waals surface area contributed by atoms with Crippen molar-refractivity contribution in [1.29, 1.82) is 0 Å². The molecular formula is C15H18N2O2. The van der Waals surface area contributed by atoms with E-state index in [0.717, 1.165) is 36.1 Å². The first-order valence-electron chi connectivity index (χ1n) is 6.49. The minimum absolute atomic E-state index is 0.176. The van der Waals surface area contributed by atoms with Crippen LogP contribution in [-0.2, 0) is 13.5 Å². The molecule has 1 N–H and O–H groups in total. The van der Waals surface area contributed by atoms with Crippen LogP contribution in [0.5, 0.6) is 0 Å². The summed E-state index contributed by atoms with van der Waals surface area (Å²) < 4.78 is 1.67. The lowest BCUT2D eigenvalue weighted by molar-refractivity contribution is 0.0688. The highest BCUT2D eigenvalue weighted by molar-refractivity contribution is 5.89. The first-order valence-corrected chi connectivity index (χ1v) is 6.49. The Balaban J connectivity index is 2.55. The van der Waals surface area contributed by atoms with Crippen LogP contribution >= 0.6 is 0 Å². The molecule has 1 heterocycles. The molecule has 0 atom stereocenters. The molecule has 0 aliphatic rings. The van der Waals surface area contributed by atoms with E-state index in [1.807, 2.05) is 30.3 Å². The lowest BCUT2D eigenvalue weighted by Gasteiger charge is -2.06. The van der Waals surface area contributed by atoms with E-state index in [1.165, 1.54) is 0 Å². The summed E-state index contributed by atoms with van der Waals surface area (Å²) in [6.07, 6.45) is 2.74. The third kappa shape index (κ3) is 2.67. The molecule has 0 amide bonds. The quantitative estimate of drug-likeness (QED) is 0.896. The van der Waals surface area contributed by atoms with Gasteiger partial charge in [-0.2, -0.15) is 5.10 Å². The summed E-state index contributed by atoms with van der Waals surface area (Å²) in [5, 5.41) is 13.4. The van der Waals surface area contributed by atoms with Crippen molar-refractivity contribution in [3.8, 4) is 11.3 Å². The molecule has 1 aromatic carbocycles. The highest BCUT2D eigenvalue weighted by Crippen LogP contribution is 2.27. The summed E-state index contributed by atoms with van der Waals surface area (Å²) in [4.78, 5) is 11.3. The molecule has 0 bridgehead atoms. The molecule has 4 heteroatoms. The van der Waals surface area contributed by atoms with Gasteiger partial charge in [0.25, 0.3) is 0 Å². The van der Waals surface area contributed by atoms with Gasteiger partial charge in [0, 0.05) is 18.2 Å². The van der Waals surface area contributed by atoms with Crippen molar-refractivity contribution in [3.63, 3.8) is 0 Å². The second kappa shape index (κ2) is 5.69. The molecule has 2 rings (SSSR count). The SMILES string of the molecule is CCCCc1c(C(=O)O)nn(C)c1-c1ccccc1. The van der Waals surface area contributed by atoms with Crippen LogP contribution in [0.1, 0.15) is 35.8 Å². The van der Waals surface area contributed by atoms with Crippen LogP contribution in [0, 0.1) is 0 Å². The number of carboxylic acid groups (broad SMARTS) is 1. The molecule has 1 aromatic heterocycles. The smallest absolute Gasteiger partial charge is 0.356 e. The number of nitrogens with zero attached hydrogens (tertiary/aromatic N) is 2. The predicted octanol–water partition coefficient (Wildman–Crippen LogP) is 3.13. The molecule has 19 heavy (non-hydrogen) atoms. The van der Waals surface area contributed by atoms with Crippen molar-refractivity contribution in [3.05, 3.63) is 41.6 Å². The van der Waals surface area contributed by atoms with E-state index >= 15 is 0 Å². The van der Waals surface area contributed by atoms with Crippen molar-refractivity contribution in [1.82, 2.24) is 9.78 Å². The fraction of sp³-hybridized carbons (Fsp3) is 0.333.